The van der Waals surface area contributed by atoms with Crippen LogP contribution in [0.15, 0.2) is 0 Å². The first-order valence-corrected chi connectivity index (χ1v) is 28.8. The van der Waals surface area contributed by atoms with Gasteiger partial charge in [-0.25, -0.2) is 0 Å². The minimum Gasteiger partial charge on any atom is -0.466 e. The Morgan fingerprint density at radius 2 is 0.362 bits per heavy atom. The van der Waals surface area contributed by atoms with Gasteiger partial charge in [-0.2, -0.15) is 0 Å². The average molecular weight is 1150 g/mol. The Hall–Kier alpha value is -5.87. The van der Waals surface area contributed by atoms with Crippen LogP contribution in [0, 0.1) is 5.92 Å². The summed E-state index contributed by atoms with van der Waals surface area (Å²) in [4.78, 5) is 131. The van der Waals surface area contributed by atoms with Crippen LogP contribution in [0.3, 0.4) is 0 Å². The van der Waals surface area contributed by atoms with E-state index in [2.05, 4.69) is 0 Å². The van der Waals surface area contributed by atoms with Gasteiger partial charge in [0.05, 0.1) is 65.4 Å². The molecule has 0 aromatic carbocycles. The highest BCUT2D eigenvalue weighted by molar-refractivity contribution is 5.73. The fraction of sp³-hybridized carbons (Fsp3) is 0.807. The maximum Gasteiger partial charge on any atom is 0.308 e. The number of unbranched alkanes of at least 4 members (excludes halogenated alkanes) is 10. The Bertz CT molecular complexity index is 1730. The molecule has 0 unspecified atom stereocenters. The molecule has 0 aromatic rings. The molecule has 0 fully saturated rings. The maximum absolute atomic E-state index is 12.0. The van der Waals surface area contributed by atoms with Crippen LogP contribution in [-0.4, -0.2) is 152 Å². The Balaban J connectivity index is 3.58. The zero-order chi connectivity index (χ0) is 59.1. The summed E-state index contributed by atoms with van der Waals surface area (Å²) in [5.74, 6) is -4.24. The summed E-state index contributed by atoms with van der Waals surface area (Å²) in [6, 6.07) is 0. The molecule has 0 aromatic heterocycles. The van der Waals surface area contributed by atoms with E-state index in [1.807, 2.05) is 0 Å². The fourth-order valence-corrected chi connectivity index (χ4v) is 6.72. The van der Waals surface area contributed by atoms with Crippen LogP contribution in [0.25, 0.3) is 0 Å². The molecule has 0 saturated carbocycles. The van der Waals surface area contributed by atoms with Crippen molar-refractivity contribution in [2.24, 2.45) is 5.92 Å². The highest BCUT2D eigenvalue weighted by Gasteiger charge is 2.13. The van der Waals surface area contributed by atoms with Gasteiger partial charge < -0.3 is 56.8 Å². The first kappa shape index (κ1) is 74.1. The third-order valence-corrected chi connectivity index (χ3v) is 11.4. The minimum absolute atomic E-state index is 0.00508. The zero-order valence-corrected chi connectivity index (χ0v) is 48.2. The number of hydrogen-bond donors (Lipinski definition) is 0. The molecule has 0 aliphatic carbocycles. The predicted octanol–water partition coefficient (Wildman–Crippen LogP) is 7.97. The maximum atomic E-state index is 12.0. The standard InChI is InChI=1S/C57H94O23/c1-46(2)57(68)80-45-44-79-56(67)33-13-23-43-78-55(66)32-12-22-42-77-54(65)31-11-21-41-76-53(64)30-10-20-40-75-52(63)29-9-19-39-74-51(62)28-8-18-38-73-50(61)27-7-17-37-72-49(60)26-6-16-36-71-48(59)25-5-15-35-70-47(58)24-4-14-34-69-3/h46H,4-45H2,1-3H3. The number of methoxy groups -OCH3 is 1. The van der Waals surface area contributed by atoms with Crippen LogP contribution in [0.4, 0.5) is 0 Å². The van der Waals surface area contributed by atoms with Gasteiger partial charge in [-0.3, -0.25) is 52.7 Å². The number of ether oxygens (including phenoxy) is 12. The van der Waals surface area contributed by atoms with Crippen molar-refractivity contribution in [1.29, 1.82) is 0 Å². The summed E-state index contributed by atoms with van der Waals surface area (Å²) >= 11 is 0. The van der Waals surface area contributed by atoms with Crippen LogP contribution in [0.5, 0.6) is 0 Å². The smallest absolute Gasteiger partial charge is 0.308 e. The lowest BCUT2D eigenvalue weighted by Gasteiger charge is -2.08. The van der Waals surface area contributed by atoms with Crippen molar-refractivity contribution in [3.05, 3.63) is 0 Å². The fourth-order valence-electron chi connectivity index (χ4n) is 6.72. The number of carbonyl (C=O) groups is 11. The molecule has 0 rings (SSSR count). The first-order chi connectivity index (χ1) is 38.6. The molecule has 23 heteroatoms. The summed E-state index contributed by atoms with van der Waals surface area (Å²) in [6.45, 7) is 5.72. The van der Waals surface area contributed by atoms with E-state index in [1.165, 1.54) is 0 Å². The zero-order valence-electron chi connectivity index (χ0n) is 48.2. The van der Waals surface area contributed by atoms with Gasteiger partial charge in [-0.1, -0.05) is 13.8 Å². The van der Waals surface area contributed by atoms with Crippen LogP contribution >= 0.6 is 0 Å². The predicted molar refractivity (Wildman–Crippen MR) is 286 cm³/mol. The SMILES string of the molecule is COCCCCC(=O)OCCCCC(=O)OCCCCC(=O)OCCCCC(=O)OCCCCC(=O)OCCCCC(=O)OCCCCC(=O)OCCCCC(=O)OCCCCC(=O)OCCCCC(=O)OCCOC(=O)C(C)C. The van der Waals surface area contributed by atoms with Crippen molar-refractivity contribution < 1.29 is 110 Å². The van der Waals surface area contributed by atoms with Crippen LogP contribution < -0.4 is 0 Å². The summed E-state index contributed by atoms with van der Waals surface area (Å²) in [7, 11) is 1.61. The second-order valence-corrected chi connectivity index (χ2v) is 19.1. The third-order valence-electron chi connectivity index (χ3n) is 11.4. The van der Waals surface area contributed by atoms with Gasteiger partial charge in [0.2, 0.25) is 0 Å². The largest absolute Gasteiger partial charge is 0.466 e. The third kappa shape index (κ3) is 52.8. The van der Waals surface area contributed by atoms with E-state index in [9.17, 15) is 52.7 Å². The van der Waals surface area contributed by atoms with Gasteiger partial charge in [0.25, 0.3) is 0 Å². The van der Waals surface area contributed by atoms with Crippen LogP contribution in [-0.2, 0) is 110 Å². The van der Waals surface area contributed by atoms with Crippen molar-refractivity contribution in [3.63, 3.8) is 0 Å². The molecule has 460 valence electrons. The van der Waals surface area contributed by atoms with E-state index in [4.69, 9.17) is 56.8 Å². The Labute approximate surface area is 472 Å². The van der Waals surface area contributed by atoms with Gasteiger partial charge in [0.15, 0.2) is 0 Å². The normalized spacial score (nSPS) is 10.8. The van der Waals surface area contributed by atoms with Gasteiger partial charge >= 0.3 is 65.7 Å². The summed E-state index contributed by atoms with van der Waals surface area (Å²) in [6.07, 6.45) is 12.5. The number of esters is 11. The van der Waals surface area contributed by atoms with E-state index < -0.39 is 5.97 Å². The van der Waals surface area contributed by atoms with Crippen LogP contribution in [0.2, 0.25) is 0 Å². The molecule has 0 heterocycles. The molecule has 0 spiro atoms. The quantitative estimate of drug-likeness (QED) is 0.0317. The molecule has 80 heavy (non-hydrogen) atoms. The van der Waals surface area contributed by atoms with Crippen molar-refractivity contribution in [3.8, 4) is 0 Å². The lowest BCUT2D eigenvalue weighted by atomic mass is 10.2. The lowest BCUT2D eigenvalue weighted by molar-refractivity contribution is -0.154. The highest BCUT2D eigenvalue weighted by Crippen LogP contribution is 2.10. The molecule has 0 amide bonds. The lowest BCUT2D eigenvalue weighted by Crippen LogP contribution is -2.17. The highest BCUT2D eigenvalue weighted by atomic mass is 16.6. The van der Waals surface area contributed by atoms with Crippen molar-refractivity contribution >= 4 is 65.7 Å². The van der Waals surface area contributed by atoms with E-state index in [0.29, 0.717) is 135 Å². The molecule has 0 radical (unpaired) electrons. The van der Waals surface area contributed by atoms with Gasteiger partial charge in [0, 0.05) is 77.9 Å². The first-order valence-electron chi connectivity index (χ1n) is 28.8. The van der Waals surface area contributed by atoms with Crippen molar-refractivity contribution in [2.45, 2.75) is 206 Å². The second-order valence-electron chi connectivity index (χ2n) is 19.1. The Kier molecular flexibility index (Phi) is 49.8. The Morgan fingerprint density at radius 3 is 0.525 bits per heavy atom. The molecular formula is C57H94O23. The second kappa shape index (κ2) is 53.8. The number of rotatable bonds is 54. The summed E-state index contributed by atoms with van der Waals surface area (Å²) < 4.78 is 61.6. The average Bonchev–Trinajstić information content (AvgIpc) is 3.42. The molecule has 0 atom stereocenters. The molecule has 0 bridgehead atoms. The monoisotopic (exact) mass is 1150 g/mol. The van der Waals surface area contributed by atoms with E-state index in [-0.39, 0.29) is 196 Å². The van der Waals surface area contributed by atoms with Crippen LogP contribution in [0.1, 0.15) is 206 Å². The topological polar surface area (TPSA) is 299 Å². The van der Waals surface area contributed by atoms with Crippen molar-refractivity contribution in [1.82, 2.24) is 0 Å². The summed E-state index contributed by atoms with van der Waals surface area (Å²) in [5.41, 5.74) is 0. The van der Waals surface area contributed by atoms with E-state index >= 15 is 0 Å². The Morgan fingerprint density at radius 1 is 0.212 bits per heavy atom. The molecule has 0 aliphatic rings. The molecular weight excluding hydrogens is 1050 g/mol. The van der Waals surface area contributed by atoms with E-state index in [1.54, 1.807) is 21.0 Å². The number of hydrogen-bond acceptors (Lipinski definition) is 23. The molecule has 0 aliphatic heterocycles. The summed E-state index contributed by atoms with van der Waals surface area (Å²) in [5, 5.41) is 0. The molecule has 0 saturated heterocycles. The van der Waals surface area contributed by atoms with Gasteiger partial charge in [-0.05, 0) is 128 Å². The van der Waals surface area contributed by atoms with E-state index in [0.717, 1.165) is 6.42 Å². The van der Waals surface area contributed by atoms with Crippen molar-refractivity contribution in [2.75, 3.05) is 86.4 Å². The minimum atomic E-state index is -0.416. The van der Waals surface area contributed by atoms with Gasteiger partial charge in [-0.15, -0.1) is 0 Å². The molecule has 23 nitrogen and oxygen atoms in total. The number of carbonyl (C=O) groups excluding carboxylic acids is 11. The molecule has 0 N–H and O–H groups in total. The van der Waals surface area contributed by atoms with Gasteiger partial charge in [0.1, 0.15) is 13.2 Å².